The van der Waals surface area contributed by atoms with Crippen molar-refractivity contribution in [3.05, 3.63) is 60.3 Å². The van der Waals surface area contributed by atoms with Gasteiger partial charge in [0.05, 0.1) is 7.11 Å². The number of carbonyl (C=O) groups is 1. The largest absolute Gasteiger partial charge is 0.497 e. The van der Waals surface area contributed by atoms with Crippen molar-refractivity contribution in [1.29, 1.82) is 0 Å². The number of benzene rings is 2. The number of nitrogens with one attached hydrogen (secondary N) is 1. The molecule has 1 heterocycles. The highest BCUT2D eigenvalue weighted by molar-refractivity contribution is 6.06. The predicted octanol–water partition coefficient (Wildman–Crippen LogP) is 3.44. The Hall–Kier alpha value is -2.75. The summed E-state index contributed by atoms with van der Waals surface area (Å²) in [6.07, 6.45) is 1.98. The molecule has 0 aliphatic heterocycles. The summed E-state index contributed by atoms with van der Waals surface area (Å²) in [7, 11) is 3.59. The van der Waals surface area contributed by atoms with Gasteiger partial charge in [-0.2, -0.15) is 0 Å². The molecule has 0 aliphatic carbocycles. The van der Waals surface area contributed by atoms with E-state index in [0.29, 0.717) is 17.0 Å². The average molecular weight is 280 g/mol. The van der Waals surface area contributed by atoms with E-state index in [2.05, 4.69) is 5.32 Å². The maximum absolute atomic E-state index is 12.3. The number of aryl methyl sites for hydroxylation is 1. The van der Waals surface area contributed by atoms with E-state index in [4.69, 9.17) is 4.74 Å². The molecular formula is C17H16N2O2. The molecule has 1 aromatic heterocycles. The summed E-state index contributed by atoms with van der Waals surface area (Å²) >= 11 is 0. The van der Waals surface area contributed by atoms with E-state index in [1.54, 1.807) is 13.2 Å². The molecule has 0 atom stereocenters. The normalized spacial score (nSPS) is 10.6. The Morgan fingerprint density at radius 1 is 1.14 bits per heavy atom. The molecule has 1 amide bonds. The molecule has 0 saturated carbocycles. The molecule has 2 aromatic carbocycles. The first-order valence-corrected chi connectivity index (χ1v) is 6.68. The topological polar surface area (TPSA) is 43.3 Å². The standard InChI is InChI=1S/C17H16N2O2/c1-19-9-8-12-10-13(6-7-16(12)19)17(20)18-14-4-3-5-15(11-14)21-2/h3-11H,1-2H3,(H,18,20). The van der Waals surface area contributed by atoms with Crippen LogP contribution in [0.15, 0.2) is 54.7 Å². The second kappa shape index (κ2) is 5.32. The van der Waals surface area contributed by atoms with E-state index in [9.17, 15) is 4.79 Å². The molecule has 106 valence electrons. The number of anilines is 1. The van der Waals surface area contributed by atoms with Gasteiger partial charge in [-0.15, -0.1) is 0 Å². The van der Waals surface area contributed by atoms with Crippen LogP contribution in [-0.2, 0) is 7.05 Å². The highest BCUT2D eigenvalue weighted by Gasteiger charge is 2.08. The van der Waals surface area contributed by atoms with Crippen molar-refractivity contribution < 1.29 is 9.53 Å². The molecule has 0 fully saturated rings. The minimum absolute atomic E-state index is 0.131. The first-order chi connectivity index (χ1) is 10.2. The van der Waals surface area contributed by atoms with Gasteiger partial charge in [-0.05, 0) is 36.4 Å². The molecule has 0 spiro atoms. The van der Waals surface area contributed by atoms with Gasteiger partial charge in [0.15, 0.2) is 0 Å². The second-order valence-electron chi connectivity index (χ2n) is 4.89. The zero-order chi connectivity index (χ0) is 14.8. The number of aromatic nitrogens is 1. The Labute approximate surface area is 123 Å². The summed E-state index contributed by atoms with van der Waals surface area (Å²) in [4.78, 5) is 12.3. The fourth-order valence-electron chi connectivity index (χ4n) is 2.33. The van der Waals surface area contributed by atoms with Crippen LogP contribution in [0.1, 0.15) is 10.4 Å². The number of rotatable bonds is 3. The third-order valence-corrected chi connectivity index (χ3v) is 3.48. The molecule has 4 heteroatoms. The van der Waals surface area contributed by atoms with Gasteiger partial charge in [0.1, 0.15) is 5.75 Å². The number of hydrogen-bond acceptors (Lipinski definition) is 2. The smallest absolute Gasteiger partial charge is 0.255 e. The van der Waals surface area contributed by atoms with Crippen LogP contribution in [0.5, 0.6) is 5.75 Å². The van der Waals surface area contributed by atoms with E-state index in [1.165, 1.54) is 0 Å². The number of hydrogen-bond donors (Lipinski definition) is 1. The number of amides is 1. The van der Waals surface area contributed by atoms with E-state index in [1.807, 2.05) is 60.3 Å². The summed E-state index contributed by atoms with van der Waals surface area (Å²) in [6, 6.07) is 15.0. The van der Waals surface area contributed by atoms with E-state index in [-0.39, 0.29) is 5.91 Å². The van der Waals surface area contributed by atoms with Crippen molar-refractivity contribution in [3.63, 3.8) is 0 Å². The average Bonchev–Trinajstić information content (AvgIpc) is 2.88. The Balaban J connectivity index is 1.86. The highest BCUT2D eigenvalue weighted by atomic mass is 16.5. The van der Waals surface area contributed by atoms with Gasteiger partial charge < -0.3 is 14.6 Å². The van der Waals surface area contributed by atoms with Gasteiger partial charge in [-0.1, -0.05) is 6.07 Å². The van der Waals surface area contributed by atoms with Gasteiger partial charge in [0.2, 0.25) is 0 Å². The van der Waals surface area contributed by atoms with Crippen molar-refractivity contribution in [2.45, 2.75) is 0 Å². The van der Waals surface area contributed by atoms with Crippen LogP contribution in [-0.4, -0.2) is 17.6 Å². The van der Waals surface area contributed by atoms with Gasteiger partial charge in [-0.25, -0.2) is 0 Å². The number of ether oxygens (including phenoxy) is 1. The van der Waals surface area contributed by atoms with Crippen molar-refractivity contribution in [2.75, 3.05) is 12.4 Å². The van der Waals surface area contributed by atoms with Gasteiger partial charge in [0, 0.05) is 41.5 Å². The molecule has 3 rings (SSSR count). The van der Waals surface area contributed by atoms with Crippen molar-refractivity contribution >= 4 is 22.5 Å². The quantitative estimate of drug-likeness (QED) is 0.798. The van der Waals surface area contributed by atoms with Gasteiger partial charge >= 0.3 is 0 Å². The predicted molar refractivity (Wildman–Crippen MR) is 83.9 cm³/mol. The van der Waals surface area contributed by atoms with Crippen LogP contribution in [0, 0.1) is 0 Å². The van der Waals surface area contributed by atoms with Crippen molar-refractivity contribution in [1.82, 2.24) is 4.57 Å². The van der Waals surface area contributed by atoms with E-state index < -0.39 is 0 Å². The maximum atomic E-state index is 12.3. The molecular weight excluding hydrogens is 264 g/mol. The first-order valence-electron chi connectivity index (χ1n) is 6.68. The van der Waals surface area contributed by atoms with Crippen LogP contribution in [0.3, 0.4) is 0 Å². The molecule has 0 aliphatic rings. The maximum Gasteiger partial charge on any atom is 0.255 e. The minimum Gasteiger partial charge on any atom is -0.497 e. The molecule has 1 N–H and O–H groups in total. The van der Waals surface area contributed by atoms with Crippen molar-refractivity contribution in [2.24, 2.45) is 7.05 Å². The van der Waals surface area contributed by atoms with Crippen LogP contribution in [0.25, 0.3) is 10.9 Å². The molecule has 0 bridgehead atoms. The first kappa shape index (κ1) is 13.2. The Morgan fingerprint density at radius 2 is 2.00 bits per heavy atom. The lowest BCUT2D eigenvalue weighted by Crippen LogP contribution is -2.11. The van der Waals surface area contributed by atoms with Crippen LogP contribution in [0.2, 0.25) is 0 Å². The van der Waals surface area contributed by atoms with E-state index >= 15 is 0 Å². The van der Waals surface area contributed by atoms with Gasteiger partial charge in [-0.3, -0.25) is 4.79 Å². The van der Waals surface area contributed by atoms with Crippen LogP contribution >= 0.6 is 0 Å². The monoisotopic (exact) mass is 280 g/mol. The second-order valence-corrected chi connectivity index (χ2v) is 4.89. The Morgan fingerprint density at radius 3 is 2.81 bits per heavy atom. The highest BCUT2D eigenvalue weighted by Crippen LogP contribution is 2.20. The Kier molecular flexibility index (Phi) is 3.36. The zero-order valence-electron chi connectivity index (χ0n) is 12.0. The van der Waals surface area contributed by atoms with E-state index in [0.717, 1.165) is 10.9 Å². The number of carbonyl (C=O) groups excluding carboxylic acids is 1. The fraction of sp³-hybridized carbons (Fsp3) is 0.118. The Bertz CT molecular complexity index is 805. The fourth-order valence-corrected chi connectivity index (χ4v) is 2.33. The van der Waals surface area contributed by atoms with Crippen LogP contribution in [0.4, 0.5) is 5.69 Å². The molecule has 21 heavy (non-hydrogen) atoms. The third-order valence-electron chi connectivity index (χ3n) is 3.48. The molecule has 0 saturated heterocycles. The summed E-state index contributed by atoms with van der Waals surface area (Å²) in [5.41, 5.74) is 2.46. The lowest BCUT2D eigenvalue weighted by molar-refractivity contribution is 0.102. The number of methoxy groups -OCH3 is 1. The summed E-state index contributed by atoms with van der Waals surface area (Å²) < 4.78 is 7.18. The summed E-state index contributed by atoms with van der Waals surface area (Å²) in [5.74, 6) is 0.584. The molecule has 4 nitrogen and oxygen atoms in total. The summed E-state index contributed by atoms with van der Waals surface area (Å²) in [6.45, 7) is 0. The summed E-state index contributed by atoms with van der Waals surface area (Å²) in [5, 5.41) is 3.93. The number of nitrogens with zero attached hydrogens (tertiary/aromatic N) is 1. The van der Waals surface area contributed by atoms with Gasteiger partial charge in [0.25, 0.3) is 5.91 Å². The SMILES string of the molecule is COc1cccc(NC(=O)c2ccc3c(ccn3C)c2)c1. The molecule has 0 unspecified atom stereocenters. The molecule has 0 radical (unpaired) electrons. The lowest BCUT2D eigenvalue weighted by Gasteiger charge is -2.07. The minimum atomic E-state index is -0.131. The molecule has 3 aromatic rings. The number of fused-ring (bicyclic) bond motifs is 1. The lowest BCUT2D eigenvalue weighted by atomic mass is 10.1. The zero-order valence-corrected chi connectivity index (χ0v) is 12.0. The third kappa shape index (κ3) is 2.60. The van der Waals surface area contributed by atoms with Crippen molar-refractivity contribution in [3.8, 4) is 5.75 Å². The van der Waals surface area contributed by atoms with Crippen LogP contribution < -0.4 is 10.1 Å².